The van der Waals surface area contributed by atoms with E-state index in [9.17, 15) is 9.59 Å². The second-order valence-electron chi connectivity index (χ2n) is 3.89. The Morgan fingerprint density at radius 1 is 1.42 bits per heavy atom. The van der Waals surface area contributed by atoms with Crippen LogP contribution in [-0.2, 0) is 9.53 Å². The van der Waals surface area contributed by atoms with Crippen molar-refractivity contribution in [3.05, 3.63) is 23.8 Å². The largest absolute Gasteiger partial charge is 0.480 e. The lowest BCUT2D eigenvalue weighted by molar-refractivity contribution is -0.140. The maximum atomic E-state index is 11.9. The van der Waals surface area contributed by atoms with E-state index in [2.05, 4.69) is 5.32 Å². The van der Waals surface area contributed by atoms with Gasteiger partial charge in [-0.25, -0.2) is 4.79 Å². The van der Waals surface area contributed by atoms with Crippen LogP contribution in [-0.4, -0.2) is 43.5 Å². The van der Waals surface area contributed by atoms with Crippen molar-refractivity contribution < 1.29 is 28.9 Å². The summed E-state index contributed by atoms with van der Waals surface area (Å²) < 4.78 is 15.0. The minimum Gasteiger partial charge on any atom is -0.480 e. The van der Waals surface area contributed by atoms with Crippen LogP contribution in [0.2, 0.25) is 0 Å². The van der Waals surface area contributed by atoms with Gasteiger partial charge in [-0.15, -0.1) is 0 Å². The van der Waals surface area contributed by atoms with Gasteiger partial charge in [0.05, 0.1) is 6.61 Å². The lowest BCUT2D eigenvalue weighted by atomic mass is 10.1. The predicted octanol–water partition coefficient (Wildman–Crippen LogP) is 0.245. The molecule has 1 amide bonds. The molecule has 1 aromatic carbocycles. The molecule has 0 aromatic heterocycles. The SMILES string of the molecule is COCC(NC(=O)c1ccc2c(c1)OCO2)C(=O)O. The quantitative estimate of drug-likeness (QED) is 0.794. The predicted molar refractivity (Wildman–Crippen MR) is 63.3 cm³/mol. The normalized spacial score (nSPS) is 13.9. The fourth-order valence-electron chi connectivity index (χ4n) is 1.62. The Kier molecular flexibility index (Phi) is 3.86. The number of aliphatic carboxylic acids is 1. The van der Waals surface area contributed by atoms with Crippen molar-refractivity contribution >= 4 is 11.9 Å². The van der Waals surface area contributed by atoms with Gasteiger partial charge in [-0.1, -0.05) is 0 Å². The molecule has 1 aliphatic rings. The van der Waals surface area contributed by atoms with Gasteiger partial charge in [-0.3, -0.25) is 4.79 Å². The number of carbonyl (C=O) groups excluding carboxylic acids is 1. The lowest BCUT2D eigenvalue weighted by Gasteiger charge is -2.13. The Labute approximate surface area is 109 Å². The Bertz CT molecular complexity index is 501. The Morgan fingerprint density at radius 2 is 2.16 bits per heavy atom. The standard InChI is InChI=1S/C12H13NO6/c1-17-5-8(12(15)16)13-11(14)7-2-3-9-10(4-7)19-6-18-9/h2-4,8H,5-6H2,1H3,(H,13,14)(H,15,16). The van der Waals surface area contributed by atoms with Crippen molar-refractivity contribution in [2.24, 2.45) is 0 Å². The maximum absolute atomic E-state index is 11.9. The highest BCUT2D eigenvalue weighted by Crippen LogP contribution is 2.32. The molecule has 0 spiro atoms. The first kappa shape index (κ1) is 13.2. The average Bonchev–Trinajstić information content (AvgIpc) is 2.85. The molecule has 0 saturated carbocycles. The van der Waals surface area contributed by atoms with Crippen molar-refractivity contribution in [2.75, 3.05) is 20.5 Å². The number of benzene rings is 1. The number of rotatable bonds is 5. The topological polar surface area (TPSA) is 94.1 Å². The van der Waals surface area contributed by atoms with Crippen LogP contribution in [0.15, 0.2) is 18.2 Å². The summed E-state index contributed by atoms with van der Waals surface area (Å²) >= 11 is 0. The second kappa shape index (κ2) is 5.57. The van der Waals surface area contributed by atoms with Gasteiger partial charge in [0, 0.05) is 12.7 Å². The van der Waals surface area contributed by atoms with Gasteiger partial charge in [-0.05, 0) is 18.2 Å². The third-order valence-electron chi connectivity index (χ3n) is 2.57. The Morgan fingerprint density at radius 3 is 2.84 bits per heavy atom. The summed E-state index contributed by atoms with van der Waals surface area (Å²) in [4.78, 5) is 22.8. The number of carboxylic acid groups (broad SMARTS) is 1. The van der Waals surface area contributed by atoms with Gasteiger partial charge in [-0.2, -0.15) is 0 Å². The molecule has 0 saturated heterocycles. The summed E-state index contributed by atoms with van der Waals surface area (Å²) in [6, 6.07) is 3.55. The molecule has 19 heavy (non-hydrogen) atoms. The highest BCUT2D eigenvalue weighted by atomic mass is 16.7. The third-order valence-corrected chi connectivity index (χ3v) is 2.57. The van der Waals surface area contributed by atoms with Gasteiger partial charge < -0.3 is 24.6 Å². The van der Waals surface area contributed by atoms with Crippen LogP contribution in [0, 0.1) is 0 Å². The van der Waals surface area contributed by atoms with Crippen LogP contribution >= 0.6 is 0 Å². The molecular weight excluding hydrogens is 254 g/mol. The zero-order valence-corrected chi connectivity index (χ0v) is 10.2. The number of fused-ring (bicyclic) bond motifs is 1. The molecule has 102 valence electrons. The third kappa shape index (κ3) is 2.94. The number of hydrogen-bond acceptors (Lipinski definition) is 5. The number of methoxy groups -OCH3 is 1. The van der Waals surface area contributed by atoms with Crippen LogP contribution in [0.25, 0.3) is 0 Å². The van der Waals surface area contributed by atoms with Crippen molar-refractivity contribution in [3.8, 4) is 11.5 Å². The first-order valence-electron chi connectivity index (χ1n) is 5.54. The van der Waals surface area contributed by atoms with Gasteiger partial charge >= 0.3 is 5.97 Å². The molecule has 7 nitrogen and oxygen atoms in total. The minimum atomic E-state index is -1.16. The number of hydrogen-bond donors (Lipinski definition) is 2. The molecule has 1 aliphatic heterocycles. The molecule has 0 aliphatic carbocycles. The highest BCUT2D eigenvalue weighted by Gasteiger charge is 2.22. The van der Waals surface area contributed by atoms with E-state index in [4.69, 9.17) is 19.3 Å². The smallest absolute Gasteiger partial charge is 0.328 e. The summed E-state index contributed by atoms with van der Waals surface area (Å²) in [5, 5.41) is 11.3. The van der Waals surface area contributed by atoms with Crippen LogP contribution in [0.4, 0.5) is 0 Å². The van der Waals surface area contributed by atoms with E-state index < -0.39 is 17.9 Å². The van der Waals surface area contributed by atoms with E-state index in [-0.39, 0.29) is 13.4 Å². The van der Waals surface area contributed by atoms with E-state index in [1.54, 1.807) is 6.07 Å². The second-order valence-corrected chi connectivity index (χ2v) is 3.89. The summed E-state index contributed by atoms with van der Waals surface area (Å²) in [5.41, 5.74) is 0.298. The summed E-state index contributed by atoms with van der Waals surface area (Å²) in [7, 11) is 1.36. The van der Waals surface area contributed by atoms with Crippen LogP contribution < -0.4 is 14.8 Å². The number of carboxylic acids is 1. The summed E-state index contributed by atoms with van der Waals surface area (Å²) in [5.74, 6) is -0.645. The Hall–Kier alpha value is -2.28. The molecule has 0 bridgehead atoms. The van der Waals surface area contributed by atoms with Gasteiger partial charge in [0.25, 0.3) is 5.91 Å². The molecule has 2 rings (SSSR count). The number of carbonyl (C=O) groups is 2. The summed E-state index contributed by atoms with van der Waals surface area (Å²) in [6.07, 6.45) is 0. The lowest BCUT2D eigenvalue weighted by Crippen LogP contribution is -2.43. The molecule has 1 aromatic rings. The van der Waals surface area contributed by atoms with Crippen molar-refractivity contribution in [2.45, 2.75) is 6.04 Å². The minimum absolute atomic E-state index is 0.106. The van der Waals surface area contributed by atoms with E-state index in [0.717, 1.165) is 0 Å². The van der Waals surface area contributed by atoms with E-state index >= 15 is 0 Å². The van der Waals surface area contributed by atoms with Crippen LogP contribution in [0.5, 0.6) is 11.5 Å². The fourth-order valence-corrected chi connectivity index (χ4v) is 1.62. The summed E-state index contributed by atoms with van der Waals surface area (Å²) in [6.45, 7) is 0.00740. The number of nitrogens with one attached hydrogen (secondary N) is 1. The fraction of sp³-hybridized carbons (Fsp3) is 0.333. The number of amides is 1. The van der Waals surface area contributed by atoms with Gasteiger partial charge in [0.15, 0.2) is 17.5 Å². The van der Waals surface area contributed by atoms with Crippen molar-refractivity contribution in [1.29, 1.82) is 0 Å². The molecule has 0 radical (unpaired) electrons. The molecule has 2 N–H and O–H groups in total. The molecule has 0 fully saturated rings. The molecule has 7 heteroatoms. The first-order chi connectivity index (χ1) is 9.11. The molecule has 1 atom stereocenters. The van der Waals surface area contributed by atoms with E-state index in [0.29, 0.717) is 17.1 Å². The van der Waals surface area contributed by atoms with Crippen LogP contribution in [0.1, 0.15) is 10.4 Å². The van der Waals surface area contributed by atoms with Crippen molar-refractivity contribution in [3.63, 3.8) is 0 Å². The van der Waals surface area contributed by atoms with E-state index in [1.807, 2.05) is 0 Å². The maximum Gasteiger partial charge on any atom is 0.328 e. The highest BCUT2D eigenvalue weighted by molar-refractivity contribution is 5.97. The van der Waals surface area contributed by atoms with Gasteiger partial charge in [0.1, 0.15) is 0 Å². The zero-order valence-electron chi connectivity index (χ0n) is 10.2. The first-order valence-corrected chi connectivity index (χ1v) is 5.54. The monoisotopic (exact) mass is 267 g/mol. The Balaban J connectivity index is 2.09. The molecule has 1 heterocycles. The zero-order chi connectivity index (χ0) is 13.8. The van der Waals surface area contributed by atoms with E-state index in [1.165, 1.54) is 19.2 Å². The van der Waals surface area contributed by atoms with Crippen LogP contribution in [0.3, 0.4) is 0 Å². The van der Waals surface area contributed by atoms with Crippen molar-refractivity contribution in [1.82, 2.24) is 5.32 Å². The van der Waals surface area contributed by atoms with Gasteiger partial charge in [0.2, 0.25) is 6.79 Å². The molecule has 1 unspecified atom stereocenters. The molecular formula is C12H13NO6. The average molecular weight is 267 g/mol. The number of ether oxygens (including phenoxy) is 3.